The summed E-state index contributed by atoms with van der Waals surface area (Å²) in [6.45, 7) is -0.223. The van der Waals surface area contributed by atoms with Crippen LogP contribution in [0.2, 0.25) is 0 Å². The van der Waals surface area contributed by atoms with Gasteiger partial charge < -0.3 is 14.6 Å². The van der Waals surface area contributed by atoms with Crippen LogP contribution in [0.15, 0.2) is 22.6 Å². The van der Waals surface area contributed by atoms with Gasteiger partial charge in [-0.1, -0.05) is 6.07 Å². The fraction of sp³-hybridized carbons (Fsp3) is 0.500. The van der Waals surface area contributed by atoms with Crippen LogP contribution in [0.1, 0.15) is 47.5 Å². The van der Waals surface area contributed by atoms with Crippen molar-refractivity contribution in [3.8, 4) is 11.5 Å². The lowest BCUT2D eigenvalue weighted by Gasteiger charge is -2.41. The van der Waals surface area contributed by atoms with Crippen molar-refractivity contribution in [1.29, 1.82) is 0 Å². The summed E-state index contributed by atoms with van der Waals surface area (Å²) in [4.78, 5) is 25.7. The third kappa shape index (κ3) is 4.59. The molecule has 1 fully saturated rings. The Labute approximate surface area is 195 Å². The fourth-order valence-corrected chi connectivity index (χ4v) is 4.19. The minimum absolute atomic E-state index is 0.0210. The first-order valence-corrected chi connectivity index (χ1v) is 10.3. The van der Waals surface area contributed by atoms with Crippen molar-refractivity contribution in [2.45, 2.75) is 62.3 Å². The summed E-state index contributed by atoms with van der Waals surface area (Å²) in [5, 5.41) is 7.98. The molecule has 7 nitrogen and oxygen atoms in total. The van der Waals surface area contributed by atoms with Gasteiger partial charge in [0.15, 0.2) is 0 Å². The predicted molar refractivity (Wildman–Crippen MR) is 100 cm³/mol. The van der Waals surface area contributed by atoms with Crippen LogP contribution in [0, 0.1) is 0 Å². The van der Waals surface area contributed by atoms with E-state index in [2.05, 4.69) is 10.2 Å². The topological polar surface area (TPSA) is 88.3 Å². The van der Waals surface area contributed by atoms with Crippen LogP contribution < -0.4 is 5.32 Å². The van der Waals surface area contributed by atoms with Crippen molar-refractivity contribution >= 4 is 11.8 Å². The molecule has 1 aliphatic heterocycles. The zero-order valence-electron chi connectivity index (χ0n) is 17.8. The zero-order chi connectivity index (χ0) is 26.6. The summed E-state index contributed by atoms with van der Waals surface area (Å²) in [6, 6.07) is 0.726. The first-order valence-electron chi connectivity index (χ1n) is 10.3. The lowest BCUT2D eigenvalue weighted by atomic mass is 9.86. The van der Waals surface area contributed by atoms with E-state index in [1.165, 1.54) is 23.5 Å². The third-order valence-corrected chi connectivity index (χ3v) is 5.96. The highest BCUT2D eigenvalue weighted by Gasteiger charge is 2.64. The molecule has 0 radical (unpaired) electrons. The van der Waals surface area contributed by atoms with Gasteiger partial charge in [0.1, 0.15) is 0 Å². The minimum atomic E-state index is -6.25. The second-order valence-corrected chi connectivity index (χ2v) is 8.37. The molecule has 4 rings (SSSR count). The van der Waals surface area contributed by atoms with Gasteiger partial charge in [-0.3, -0.25) is 9.59 Å². The van der Waals surface area contributed by atoms with E-state index < -0.39 is 73.5 Å². The molecule has 1 N–H and O–H groups in total. The first-order chi connectivity index (χ1) is 16.6. The second kappa shape index (κ2) is 8.65. The normalized spacial score (nSPS) is 22.2. The van der Waals surface area contributed by atoms with E-state index in [4.69, 9.17) is 4.42 Å². The van der Waals surface area contributed by atoms with Gasteiger partial charge in [0, 0.05) is 30.5 Å². The van der Waals surface area contributed by atoms with Crippen molar-refractivity contribution in [1.82, 2.24) is 20.4 Å². The first kappa shape index (κ1) is 25.8. The number of halogens is 9. The molecular weight excluding hydrogens is 515 g/mol. The molecule has 1 aliphatic carbocycles. The molecule has 0 spiro atoms. The highest BCUT2D eigenvalue weighted by atomic mass is 19.4. The molecule has 2 atom stereocenters. The molecule has 36 heavy (non-hydrogen) atoms. The summed E-state index contributed by atoms with van der Waals surface area (Å²) in [5.41, 5.74) is 0.390. The average Bonchev–Trinajstić information content (AvgIpc) is 3.38. The number of nitrogens with zero attached hydrogens (tertiary/aromatic N) is 3. The molecule has 2 heterocycles. The van der Waals surface area contributed by atoms with Crippen LogP contribution in [-0.2, 0) is 11.3 Å². The van der Waals surface area contributed by atoms with E-state index in [0.717, 1.165) is 4.90 Å². The van der Waals surface area contributed by atoms with Gasteiger partial charge in [0.2, 0.25) is 11.8 Å². The number of carbonyl (C=O) groups excluding carboxylic acids is 2. The van der Waals surface area contributed by atoms with Crippen LogP contribution in [0.25, 0.3) is 11.5 Å². The number of alkyl halides is 9. The monoisotopic (exact) mass is 530 g/mol. The van der Waals surface area contributed by atoms with E-state index in [1.807, 2.05) is 0 Å². The number of aromatic nitrogens is 2. The highest BCUT2D eigenvalue weighted by Crippen LogP contribution is 2.40. The van der Waals surface area contributed by atoms with Crippen molar-refractivity contribution < 1.29 is 53.5 Å². The van der Waals surface area contributed by atoms with Crippen LogP contribution in [0.4, 0.5) is 39.5 Å². The van der Waals surface area contributed by atoms with E-state index in [1.54, 1.807) is 0 Å². The van der Waals surface area contributed by atoms with Crippen molar-refractivity contribution in [3.63, 3.8) is 0 Å². The van der Waals surface area contributed by atoms with Gasteiger partial charge in [-0.25, -0.2) is 8.78 Å². The summed E-state index contributed by atoms with van der Waals surface area (Å²) in [6.07, 6.45) is -11.9. The molecule has 16 heteroatoms. The van der Waals surface area contributed by atoms with Gasteiger partial charge in [0.25, 0.3) is 11.8 Å². The number of amides is 2. The molecule has 196 valence electrons. The maximum absolute atomic E-state index is 14.0. The Balaban J connectivity index is 1.58. The Morgan fingerprint density at radius 3 is 2.47 bits per heavy atom. The molecule has 0 unspecified atom stereocenters. The van der Waals surface area contributed by atoms with E-state index in [0.29, 0.717) is 5.56 Å². The number of hydrogen-bond donors (Lipinski definition) is 1. The smallest absolute Gasteiger partial charge is 0.415 e. The van der Waals surface area contributed by atoms with Crippen molar-refractivity contribution in [2.75, 3.05) is 0 Å². The third-order valence-electron chi connectivity index (χ3n) is 5.96. The molecule has 1 aromatic heterocycles. The largest absolute Gasteiger partial charge is 0.463 e. The number of nitrogens with one attached hydrogen (secondary N) is 1. The maximum atomic E-state index is 14.0. The number of hydrogen-bond acceptors (Lipinski definition) is 5. The van der Waals surface area contributed by atoms with E-state index >= 15 is 0 Å². The van der Waals surface area contributed by atoms with E-state index in [9.17, 15) is 49.1 Å². The Hall–Kier alpha value is -3.33. The highest BCUT2D eigenvalue weighted by molar-refractivity contribution is 5.99. The molecular formula is C20H15F9N4O3. The molecule has 2 aliphatic rings. The van der Waals surface area contributed by atoms with Crippen LogP contribution in [0.5, 0.6) is 0 Å². The number of fused-ring (bicyclic) bond motifs is 1. The minimum Gasteiger partial charge on any atom is -0.415 e. The van der Waals surface area contributed by atoms with Gasteiger partial charge in [0.05, 0.1) is 12.1 Å². The van der Waals surface area contributed by atoms with Gasteiger partial charge in [-0.2, -0.15) is 30.7 Å². The van der Waals surface area contributed by atoms with Crippen LogP contribution >= 0.6 is 0 Å². The molecule has 2 aromatic rings. The zero-order valence-corrected chi connectivity index (χ0v) is 17.8. The van der Waals surface area contributed by atoms with Crippen LogP contribution in [-0.4, -0.2) is 57.0 Å². The van der Waals surface area contributed by atoms with Gasteiger partial charge >= 0.3 is 24.4 Å². The lowest BCUT2D eigenvalue weighted by molar-refractivity contribution is -0.270. The van der Waals surface area contributed by atoms with Crippen LogP contribution in [0.3, 0.4) is 0 Å². The molecule has 1 aromatic carbocycles. The van der Waals surface area contributed by atoms with E-state index in [-0.39, 0.29) is 23.6 Å². The second-order valence-electron chi connectivity index (χ2n) is 8.37. The Bertz CT molecular complexity index is 1180. The predicted octanol–water partition coefficient (Wildman–Crippen LogP) is 4.50. The number of benzene rings is 1. The number of carbonyl (C=O) groups is 2. The molecule has 0 bridgehead atoms. The van der Waals surface area contributed by atoms with Crippen molar-refractivity contribution in [2.24, 2.45) is 0 Å². The summed E-state index contributed by atoms with van der Waals surface area (Å²) < 4.78 is 123. The van der Waals surface area contributed by atoms with Gasteiger partial charge in [-0.05, 0) is 24.1 Å². The average molecular weight is 530 g/mol. The Morgan fingerprint density at radius 2 is 1.86 bits per heavy atom. The Morgan fingerprint density at radius 1 is 1.17 bits per heavy atom. The quantitative estimate of drug-likeness (QED) is 0.576. The van der Waals surface area contributed by atoms with Crippen molar-refractivity contribution in [3.05, 3.63) is 35.2 Å². The summed E-state index contributed by atoms with van der Waals surface area (Å²) in [5.74, 6) is -14.2. The standard InChI is InChI=1S/C20H15F9N4O3/c21-13(22)15-32-31-14(36-15)8-1-2-9-7-33(16(34)10(9)5-8)12-3-4-18(23,24)6-11(12)30-17(35)19(25,26)20(27,28)29/h1-2,5,11-13H,3-4,6-7H2,(H,30,35)/t11-,12-/m1/s1. The lowest BCUT2D eigenvalue weighted by Crippen LogP contribution is -2.61. The SMILES string of the molecule is O=C1c2cc(-c3nnc(C(F)F)o3)ccc2CN1[C@@H]1CCC(F)(F)C[C@H]1NC(=O)C(F)(F)C(F)(F)F. The van der Waals surface area contributed by atoms with Gasteiger partial charge in [-0.15, -0.1) is 10.2 Å². The summed E-state index contributed by atoms with van der Waals surface area (Å²) in [7, 11) is 0. The molecule has 0 saturated heterocycles. The summed E-state index contributed by atoms with van der Waals surface area (Å²) >= 11 is 0. The fourth-order valence-electron chi connectivity index (χ4n) is 4.19. The molecule has 2 amide bonds. The molecule has 1 saturated carbocycles. The Kier molecular flexibility index (Phi) is 6.19. The number of rotatable bonds is 5. The maximum Gasteiger partial charge on any atom is 0.463 e.